The molecule has 1 aromatic rings. The van der Waals surface area contributed by atoms with Crippen LogP contribution in [-0.2, 0) is 0 Å². The first-order valence-corrected chi connectivity index (χ1v) is 7.13. The lowest BCUT2D eigenvalue weighted by molar-refractivity contribution is 0.176. The SMILES string of the molecule is O=C1NC(/C=C/c2ccccc2)C2CCCCC2N1. The largest absolute Gasteiger partial charge is 0.335 e. The molecule has 19 heavy (non-hydrogen) atoms. The summed E-state index contributed by atoms with van der Waals surface area (Å²) in [5.41, 5.74) is 1.18. The quantitative estimate of drug-likeness (QED) is 0.839. The zero-order valence-electron chi connectivity index (χ0n) is 11.0. The molecule has 1 aliphatic heterocycles. The van der Waals surface area contributed by atoms with E-state index in [4.69, 9.17) is 0 Å². The molecule has 1 heterocycles. The first-order valence-electron chi connectivity index (χ1n) is 7.13. The average molecular weight is 256 g/mol. The van der Waals surface area contributed by atoms with Gasteiger partial charge in [0.05, 0.1) is 6.04 Å². The Morgan fingerprint density at radius 3 is 2.68 bits per heavy atom. The predicted molar refractivity (Wildman–Crippen MR) is 76.7 cm³/mol. The summed E-state index contributed by atoms with van der Waals surface area (Å²) >= 11 is 0. The van der Waals surface area contributed by atoms with Gasteiger partial charge in [0, 0.05) is 12.0 Å². The first-order chi connectivity index (χ1) is 9.33. The van der Waals surface area contributed by atoms with Crippen molar-refractivity contribution in [2.24, 2.45) is 5.92 Å². The maximum absolute atomic E-state index is 11.7. The van der Waals surface area contributed by atoms with E-state index in [1.807, 2.05) is 18.2 Å². The van der Waals surface area contributed by atoms with E-state index in [0.29, 0.717) is 12.0 Å². The number of rotatable bonds is 2. The molecule has 2 amide bonds. The number of fused-ring (bicyclic) bond motifs is 1. The standard InChI is InChI=1S/C16H20N2O/c19-16-17-14-9-5-4-8-13(14)15(18-16)11-10-12-6-2-1-3-7-12/h1-3,6-7,10-11,13-15H,4-5,8-9H2,(H2,17,18,19)/b11-10+. The van der Waals surface area contributed by atoms with Crippen molar-refractivity contribution in [3.8, 4) is 0 Å². The van der Waals surface area contributed by atoms with E-state index < -0.39 is 0 Å². The minimum absolute atomic E-state index is 0.0224. The highest BCUT2D eigenvalue weighted by Crippen LogP contribution is 2.30. The fraction of sp³-hybridized carbons (Fsp3) is 0.438. The van der Waals surface area contributed by atoms with Gasteiger partial charge in [-0.2, -0.15) is 0 Å². The minimum Gasteiger partial charge on any atom is -0.335 e. The molecule has 3 heteroatoms. The van der Waals surface area contributed by atoms with Gasteiger partial charge < -0.3 is 10.6 Å². The number of urea groups is 1. The van der Waals surface area contributed by atoms with E-state index >= 15 is 0 Å². The van der Waals surface area contributed by atoms with E-state index in [9.17, 15) is 4.79 Å². The van der Waals surface area contributed by atoms with Crippen LogP contribution < -0.4 is 10.6 Å². The van der Waals surface area contributed by atoms with Gasteiger partial charge in [0.1, 0.15) is 0 Å². The average Bonchev–Trinajstić information content (AvgIpc) is 2.45. The molecular weight excluding hydrogens is 236 g/mol. The van der Waals surface area contributed by atoms with Gasteiger partial charge in [0.25, 0.3) is 0 Å². The minimum atomic E-state index is -0.0224. The normalized spacial score (nSPS) is 30.5. The molecule has 1 saturated heterocycles. The molecule has 0 spiro atoms. The summed E-state index contributed by atoms with van der Waals surface area (Å²) in [5, 5.41) is 6.11. The number of carbonyl (C=O) groups is 1. The zero-order chi connectivity index (χ0) is 13.1. The van der Waals surface area contributed by atoms with Gasteiger partial charge in [-0.1, -0.05) is 55.3 Å². The molecule has 2 fully saturated rings. The van der Waals surface area contributed by atoms with Crippen molar-refractivity contribution in [1.29, 1.82) is 0 Å². The summed E-state index contributed by atoms with van der Waals surface area (Å²) in [6.45, 7) is 0. The molecule has 3 unspecified atom stereocenters. The molecule has 100 valence electrons. The molecule has 2 aliphatic rings. The Hall–Kier alpha value is -1.77. The number of nitrogens with one attached hydrogen (secondary N) is 2. The Balaban J connectivity index is 1.74. The summed E-state index contributed by atoms with van der Waals surface area (Å²) < 4.78 is 0. The second-order valence-corrected chi connectivity index (χ2v) is 5.47. The summed E-state index contributed by atoms with van der Waals surface area (Å²) in [4.78, 5) is 11.7. The van der Waals surface area contributed by atoms with Crippen LogP contribution in [0.15, 0.2) is 36.4 Å². The van der Waals surface area contributed by atoms with Gasteiger partial charge >= 0.3 is 6.03 Å². The number of benzene rings is 1. The van der Waals surface area contributed by atoms with Crippen LogP contribution in [0.4, 0.5) is 4.79 Å². The van der Waals surface area contributed by atoms with Crippen LogP contribution in [0.1, 0.15) is 31.2 Å². The Bertz CT molecular complexity index is 469. The zero-order valence-corrected chi connectivity index (χ0v) is 11.0. The third-order valence-electron chi connectivity index (χ3n) is 4.19. The molecule has 1 saturated carbocycles. The first kappa shape index (κ1) is 12.3. The number of hydrogen-bond acceptors (Lipinski definition) is 1. The van der Waals surface area contributed by atoms with E-state index in [1.165, 1.54) is 24.8 Å². The molecule has 3 nitrogen and oxygen atoms in total. The lowest BCUT2D eigenvalue weighted by atomic mass is 9.78. The topological polar surface area (TPSA) is 41.1 Å². The molecule has 0 bridgehead atoms. The molecule has 1 aliphatic carbocycles. The fourth-order valence-electron chi connectivity index (χ4n) is 3.21. The van der Waals surface area contributed by atoms with Crippen molar-refractivity contribution in [2.75, 3.05) is 0 Å². The van der Waals surface area contributed by atoms with E-state index in [2.05, 4.69) is 34.9 Å². The molecule has 3 atom stereocenters. The van der Waals surface area contributed by atoms with Crippen LogP contribution >= 0.6 is 0 Å². The van der Waals surface area contributed by atoms with Gasteiger partial charge in [0.15, 0.2) is 0 Å². The van der Waals surface area contributed by atoms with Crippen molar-refractivity contribution >= 4 is 12.1 Å². The summed E-state index contributed by atoms with van der Waals surface area (Å²) in [7, 11) is 0. The Morgan fingerprint density at radius 2 is 1.84 bits per heavy atom. The molecule has 1 aromatic carbocycles. The van der Waals surface area contributed by atoms with Crippen molar-refractivity contribution in [2.45, 2.75) is 37.8 Å². The molecule has 0 aromatic heterocycles. The van der Waals surface area contributed by atoms with Crippen LogP contribution in [0.3, 0.4) is 0 Å². The Labute approximate surface area is 114 Å². The second kappa shape index (κ2) is 5.47. The van der Waals surface area contributed by atoms with Crippen LogP contribution in [-0.4, -0.2) is 18.1 Å². The van der Waals surface area contributed by atoms with Gasteiger partial charge in [-0.25, -0.2) is 4.79 Å². The van der Waals surface area contributed by atoms with E-state index in [0.717, 1.165) is 6.42 Å². The van der Waals surface area contributed by atoms with Crippen LogP contribution in [0.5, 0.6) is 0 Å². The maximum atomic E-state index is 11.7. The third kappa shape index (κ3) is 2.80. The maximum Gasteiger partial charge on any atom is 0.315 e. The van der Waals surface area contributed by atoms with Crippen molar-refractivity contribution in [3.05, 3.63) is 42.0 Å². The molecule has 2 N–H and O–H groups in total. The van der Waals surface area contributed by atoms with Crippen LogP contribution in [0.25, 0.3) is 6.08 Å². The van der Waals surface area contributed by atoms with Crippen LogP contribution in [0.2, 0.25) is 0 Å². The Kier molecular flexibility index (Phi) is 3.53. The lowest BCUT2D eigenvalue weighted by Crippen LogP contribution is -2.60. The molecule has 0 radical (unpaired) electrons. The Morgan fingerprint density at radius 1 is 1.05 bits per heavy atom. The van der Waals surface area contributed by atoms with Crippen LogP contribution in [0, 0.1) is 5.92 Å². The fourth-order valence-corrected chi connectivity index (χ4v) is 3.21. The molecular formula is C16H20N2O. The highest BCUT2D eigenvalue weighted by molar-refractivity contribution is 5.76. The van der Waals surface area contributed by atoms with Gasteiger partial charge in [-0.3, -0.25) is 0 Å². The van der Waals surface area contributed by atoms with Gasteiger partial charge in [0.2, 0.25) is 0 Å². The summed E-state index contributed by atoms with van der Waals surface area (Å²) in [5.74, 6) is 0.534. The molecule has 3 rings (SSSR count). The van der Waals surface area contributed by atoms with Crippen molar-refractivity contribution < 1.29 is 4.79 Å². The summed E-state index contributed by atoms with van der Waals surface area (Å²) in [6.07, 6.45) is 9.08. The van der Waals surface area contributed by atoms with Crippen molar-refractivity contribution in [3.63, 3.8) is 0 Å². The number of amides is 2. The lowest BCUT2D eigenvalue weighted by Gasteiger charge is -2.41. The third-order valence-corrected chi connectivity index (χ3v) is 4.19. The van der Waals surface area contributed by atoms with E-state index in [-0.39, 0.29) is 12.1 Å². The van der Waals surface area contributed by atoms with E-state index in [1.54, 1.807) is 0 Å². The van der Waals surface area contributed by atoms with Crippen molar-refractivity contribution in [1.82, 2.24) is 10.6 Å². The number of carbonyl (C=O) groups excluding carboxylic acids is 1. The second-order valence-electron chi connectivity index (χ2n) is 5.47. The number of hydrogen-bond donors (Lipinski definition) is 2. The predicted octanol–water partition coefficient (Wildman–Crippen LogP) is 2.94. The van der Waals surface area contributed by atoms with Gasteiger partial charge in [-0.15, -0.1) is 0 Å². The van der Waals surface area contributed by atoms with Gasteiger partial charge in [-0.05, 0) is 18.4 Å². The smallest absolute Gasteiger partial charge is 0.315 e. The summed E-state index contributed by atoms with van der Waals surface area (Å²) in [6, 6.07) is 10.7. The highest BCUT2D eigenvalue weighted by Gasteiger charge is 2.36. The highest BCUT2D eigenvalue weighted by atomic mass is 16.2. The monoisotopic (exact) mass is 256 g/mol.